The Balaban J connectivity index is 1.70. The van der Waals surface area contributed by atoms with E-state index in [1.807, 2.05) is 30.3 Å². The van der Waals surface area contributed by atoms with E-state index in [0.717, 1.165) is 5.56 Å². The summed E-state index contributed by atoms with van der Waals surface area (Å²) in [6.45, 7) is 0. The van der Waals surface area contributed by atoms with E-state index in [2.05, 4.69) is 0 Å². The molecule has 0 saturated carbocycles. The fourth-order valence-corrected chi connectivity index (χ4v) is 2.29. The lowest BCUT2D eigenvalue weighted by Crippen LogP contribution is -2.08. The van der Waals surface area contributed by atoms with Crippen molar-refractivity contribution < 1.29 is 14.3 Å². The highest BCUT2D eigenvalue weighted by Gasteiger charge is 2.07. The van der Waals surface area contributed by atoms with E-state index in [-0.39, 0.29) is 5.78 Å². The first-order valence-electron chi connectivity index (χ1n) is 7.87. The van der Waals surface area contributed by atoms with Gasteiger partial charge in [0.15, 0.2) is 5.78 Å². The lowest BCUT2D eigenvalue weighted by molar-refractivity contribution is 0.0734. The first-order valence-corrected chi connectivity index (χ1v) is 7.87. The first-order chi connectivity index (χ1) is 12.2. The summed E-state index contributed by atoms with van der Waals surface area (Å²) < 4.78 is 5.37. The van der Waals surface area contributed by atoms with Crippen LogP contribution in [0.15, 0.2) is 91.0 Å². The molecule has 0 aliphatic rings. The van der Waals surface area contributed by atoms with Crippen LogP contribution in [0.3, 0.4) is 0 Å². The highest BCUT2D eigenvalue weighted by atomic mass is 16.5. The van der Waals surface area contributed by atoms with Gasteiger partial charge in [0.1, 0.15) is 5.75 Å². The third-order valence-corrected chi connectivity index (χ3v) is 3.56. The summed E-state index contributed by atoms with van der Waals surface area (Å²) in [6, 6.07) is 24.9. The van der Waals surface area contributed by atoms with Crippen LogP contribution in [-0.2, 0) is 0 Å². The van der Waals surface area contributed by atoms with Crippen molar-refractivity contribution in [2.24, 2.45) is 0 Å². The minimum Gasteiger partial charge on any atom is -0.423 e. The van der Waals surface area contributed by atoms with Gasteiger partial charge in [0.2, 0.25) is 0 Å². The number of hydrogen-bond donors (Lipinski definition) is 0. The van der Waals surface area contributed by atoms with Gasteiger partial charge in [-0.25, -0.2) is 4.79 Å². The smallest absolute Gasteiger partial charge is 0.343 e. The summed E-state index contributed by atoms with van der Waals surface area (Å²) >= 11 is 0. The van der Waals surface area contributed by atoms with Crippen molar-refractivity contribution in [1.82, 2.24) is 0 Å². The number of esters is 1. The van der Waals surface area contributed by atoms with E-state index in [1.54, 1.807) is 60.7 Å². The van der Waals surface area contributed by atoms with E-state index in [4.69, 9.17) is 4.74 Å². The third-order valence-electron chi connectivity index (χ3n) is 3.56. The predicted molar refractivity (Wildman–Crippen MR) is 97.6 cm³/mol. The van der Waals surface area contributed by atoms with Gasteiger partial charge in [-0.15, -0.1) is 0 Å². The predicted octanol–water partition coefficient (Wildman–Crippen LogP) is 4.80. The second kappa shape index (κ2) is 7.88. The van der Waals surface area contributed by atoms with Gasteiger partial charge in [-0.05, 0) is 35.9 Å². The Morgan fingerprint density at radius 3 is 2.04 bits per heavy atom. The number of allylic oxidation sites excluding steroid dienone is 1. The minimum absolute atomic E-state index is 0.0766. The van der Waals surface area contributed by atoms with Crippen molar-refractivity contribution in [3.63, 3.8) is 0 Å². The van der Waals surface area contributed by atoms with Crippen LogP contribution in [0.1, 0.15) is 26.3 Å². The first kappa shape index (κ1) is 16.4. The molecule has 3 aromatic carbocycles. The maximum atomic E-state index is 12.1. The Morgan fingerprint density at radius 2 is 1.36 bits per heavy atom. The monoisotopic (exact) mass is 328 g/mol. The van der Waals surface area contributed by atoms with E-state index in [9.17, 15) is 9.59 Å². The molecule has 0 N–H and O–H groups in total. The number of rotatable bonds is 5. The van der Waals surface area contributed by atoms with Gasteiger partial charge in [-0.1, -0.05) is 66.7 Å². The van der Waals surface area contributed by atoms with Gasteiger partial charge in [-0.2, -0.15) is 0 Å². The Labute approximate surface area is 146 Å². The maximum absolute atomic E-state index is 12.1. The molecule has 0 unspecified atom stereocenters. The number of ether oxygens (including phenoxy) is 1. The summed E-state index contributed by atoms with van der Waals surface area (Å²) in [5.41, 5.74) is 1.90. The number of benzene rings is 3. The molecule has 0 aliphatic carbocycles. The topological polar surface area (TPSA) is 43.4 Å². The van der Waals surface area contributed by atoms with Crippen LogP contribution < -0.4 is 4.74 Å². The molecule has 3 heteroatoms. The molecule has 0 bridgehead atoms. The fraction of sp³-hybridized carbons (Fsp3) is 0. The summed E-state index contributed by atoms with van der Waals surface area (Å²) in [5.74, 6) is -0.0578. The number of carbonyl (C=O) groups is 2. The molecule has 3 nitrogen and oxygen atoms in total. The average Bonchev–Trinajstić information content (AvgIpc) is 2.68. The van der Waals surface area contributed by atoms with E-state index >= 15 is 0 Å². The highest BCUT2D eigenvalue weighted by molar-refractivity contribution is 6.06. The molecule has 0 atom stereocenters. The van der Waals surface area contributed by atoms with Gasteiger partial charge in [0.05, 0.1) is 5.56 Å². The van der Waals surface area contributed by atoms with Crippen LogP contribution in [0.4, 0.5) is 0 Å². The maximum Gasteiger partial charge on any atom is 0.343 e. The minimum atomic E-state index is -0.415. The largest absolute Gasteiger partial charge is 0.423 e. The van der Waals surface area contributed by atoms with Crippen LogP contribution in [-0.4, -0.2) is 11.8 Å². The molecule has 0 fully saturated rings. The molecule has 3 rings (SSSR count). The standard InChI is InChI=1S/C22H16O3/c23-21(18-9-3-1-4-10-18)15-14-17-8-7-13-20(16-17)25-22(24)19-11-5-2-6-12-19/h1-16H/b15-14+. The molecule has 0 saturated heterocycles. The van der Waals surface area contributed by atoms with Crippen molar-refractivity contribution in [3.8, 4) is 5.75 Å². The quantitative estimate of drug-likeness (QED) is 0.292. The number of carbonyl (C=O) groups excluding carboxylic acids is 2. The van der Waals surface area contributed by atoms with Gasteiger partial charge in [-0.3, -0.25) is 4.79 Å². The molecule has 25 heavy (non-hydrogen) atoms. The summed E-state index contributed by atoms with van der Waals surface area (Å²) in [6.07, 6.45) is 3.21. The van der Waals surface area contributed by atoms with Crippen molar-refractivity contribution in [1.29, 1.82) is 0 Å². The molecule has 0 heterocycles. The van der Waals surface area contributed by atoms with Gasteiger partial charge >= 0.3 is 5.97 Å². The molecule has 0 aliphatic heterocycles. The van der Waals surface area contributed by atoms with Crippen LogP contribution >= 0.6 is 0 Å². The van der Waals surface area contributed by atoms with E-state index in [0.29, 0.717) is 16.9 Å². The molecule has 0 spiro atoms. The van der Waals surface area contributed by atoms with Gasteiger partial charge in [0.25, 0.3) is 0 Å². The van der Waals surface area contributed by atoms with Crippen molar-refractivity contribution >= 4 is 17.8 Å². The summed E-state index contributed by atoms with van der Waals surface area (Å²) in [5, 5.41) is 0. The Hall–Kier alpha value is -3.46. The Morgan fingerprint density at radius 1 is 0.720 bits per heavy atom. The lowest BCUT2D eigenvalue weighted by atomic mass is 10.1. The molecule has 3 aromatic rings. The van der Waals surface area contributed by atoms with Crippen LogP contribution in [0.5, 0.6) is 5.75 Å². The summed E-state index contributed by atoms with van der Waals surface area (Å²) in [7, 11) is 0. The molecule has 122 valence electrons. The van der Waals surface area contributed by atoms with Crippen LogP contribution in [0, 0.1) is 0 Å². The molecule has 0 amide bonds. The Bertz CT molecular complexity index is 897. The molecule has 0 radical (unpaired) electrons. The van der Waals surface area contributed by atoms with Gasteiger partial charge < -0.3 is 4.74 Å². The number of ketones is 1. The fourth-order valence-electron chi connectivity index (χ4n) is 2.29. The summed E-state index contributed by atoms with van der Waals surface area (Å²) in [4.78, 5) is 24.2. The average molecular weight is 328 g/mol. The molecular formula is C22H16O3. The van der Waals surface area contributed by atoms with Crippen molar-refractivity contribution in [2.45, 2.75) is 0 Å². The Kier molecular flexibility index (Phi) is 5.17. The SMILES string of the molecule is O=C(/C=C/c1cccc(OC(=O)c2ccccc2)c1)c1ccccc1. The van der Waals surface area contributed by atoms with Crippen LogP contribution in [0.25, 0.3) is 6.08 Å². The third kappa shape index (κ3) is 4.52. The van der Waals surface area contributed by atoms with Crippen molar-refractivity contribution in [3.05, 3.63) is 108 Å². The molecular weight excluding hydrogens is 312 g/mol. The van der Waals surface area contributed by atoms with Crippen molar-refractivity contribution in [2.75, 3.05) is 0 Å². The van der Waals surface area contributed by atoms with E-state index < -0.39 is 5.97 Å². The number of hydrogen-bond acceptors (Lipinski definition) is 3. The lowest BCUT2D eigenvalue weighted by Gasteiger charge is -2.05. The zero-order valence-corrected chi connectivity index (χ0v) is 13.5. The molecule has 0 aromatic heterocycles. The zero-order chi connectivity index (χ0) is 17.5. The van der Waals surface area contributed by atoms with Crippen LogP contribution in [0.2, 0.25) is 0 Å². The highest BCUT2D eigenvalue weighted by Crippen LogP contribution is 2.16. The normalized spacial score (nSPS) is 10.6. The van der Waals surface area contributed by atoms with E-state index in [1.165, 1.54) is 6.08 Å². The van der Waals surface area contributed by atoms with Gasteiger partial charge in [0, 0.05) is 5.56 Å². The second-order valence-electron chi connectivity index (χ2n) is 5.39. The zero-order valence-electron chi connectivity index (χ0n) is 13.5. The second-order valence-corrected chi connectivity index (χ2v) is 5.39.